The minimum absolute atomic E-state index is 0.0127. The minimum atomic E-state index is -0.359. The third-order valence-corrected chi connectivity index (χ3v) is 9.66. The molecular formula is C51H34N4O. The van der Waals surface area contributed by atoms with E-state index in [9.17, 15) is 5.48 Å². The summed E-state index contributed by atoms with van der Waals surface area (Å²) < 4.78 is 62.0. The molecule has 10 rings (SSSR count). The summed E-state index contributed by atoms with van der Waals surface area (Å²) in [6, 6.07) is 52.2. The van der Waals surface area contributed by atoms with Crippen LogP contribution >= 0.6 is 0 Å². The Morgan fingerprint density at radius 3 is 1.45 bits per heavy atom. The molecule has 0 saturated carbocycles. The molecule has 2 aromatic heterocycles. The second-order valence-electron chi connectivity index (χ2n) is 13.2. The Labute approximate surface area is 333 Å². The van der Waals surface area contributed by atoms with Crippen molar-refractivity contribution >= 4 is 39.0 Å². The van der Waals surface area contributed by atoms with Crippen molar-refractivity contribution in [2.24, 2.45) is 0 Å². The van der Waals surface area contributed by atoms with Crippen molar-refractivity contribution in [2.45, 2.75) is 0 Å². The Bertz CT molecular complexity index is 3220. The quantitative estimate of drug-likeness (QED) is 0.156. The van der Waals surface area contributed by atoms with Crippen molar-refractivity contribution in [3.63, 3.8) is 0 Å². The van der Waals surface area contributed by atoms with Gasteiger partial charge in [0.25, 0.3) is 0 Å². The Morgan fingerprint density at radius 1 is 0.393 bits per heavy atom. The smallest absolute Gasteiger partial charge is 0.164 e. The van der Waals surface area contributed by atoms with E-state index in [2.05, 4.69) is 0 Å². The van der Waals surface area contributed by atoms with Crippen LogP contribution in [0.5, 0.6) is 0 Å². The fourth-order valence-electron chi connectivity index (χ4n) is 6.91. The van der Waals surface area contributed by atoms with Gasteiger partial charge in [-0.05, 0) is 64.6 Å². The van der Waals surface area contributed by atoms with Gasteiger partial charge in [0.15, 0.2) is 17.5 Å². The van der Waals surface area contributed by atoms with Gasteiger partial charge in [-0.25, -0.2) is 15.0 Å². The van der Waals surface area contributed by atoms with Crippen molar-refractivity contribution < 1.29 is 12.6 Å². The molecule has 0 amide bonds. The van der Waals surface area contributed by atoms with Crippen molar-refractivity contribution in [3.8, 4) is 56.4 Å². The van der Waals surface area contributed by atoms with Crippen molar-refractivity contribution in [2.75, 3.05) is 4.90 Å². The first kappa shape index (κ1) is 27.0. The highest BCUT2D eigenvalue weighted by Crippen LogP contribution is 2.42. The number of fused-ring (bicyclic) bond motifs is 3. The number of nitrogens with zero attached hydrogens (tertiary/aromatic N) is 4. The maximum atomic E-state index is 9.64. The number of furan rings is 1. The lowest BCUT2D eigenvalue weighted by molar-refractivity contribution is 0.669. The van der Waals surface area contributed by atoms with Gasteiger partial charge in [0, 0.05) is 50.6 Å². The van der Waals surface area contributed by atoms with Gasteiger partial charge in [-0.3, -0.25) is 0 Å². The van der Waals surface area contributed by atoms with Crippen LogP contribution in [0, 0.1) is 0 Å². The molecule has 0 spiro atoms. The fraction of sp³-hybridized carbons (Fsp3) is 0. The van der Waals surface area contributed by atoms with Crippen LogP contribution in [0.4, 0.5) is 17.1 Å². The van der Waals surface area contributed by atoms with Crippen molar-refractivity contribution in [1.29, 1.82) is 0 Å². The third kappa shape index (κ3) is 6.27. The average molecular weight is 725 g/mol. The lowest BCUT2D eigenvalue weighted by Gasteiger charge is -2.25. The second-order valence-corrected chi connectivity index (χ2v) is 13.2. The zero-order valence-electron chi connectivity index (χ0n) is 35.9. The zero-order valence-corrected chi connectivity index (χ0v) is 29.9. The van der Waals surface area contributed by atoms with E-state index < -0.39 is 0 Å². The predicted octanol–water partition coefficient (Wildman–Crippen LogP) is 13.6. The van der Waals surface area contributed by atoms with E-state index in [1.54, 1.807) is 17.0 Å². The van der Waals surface area contributed by atoms with Crippen LogP contribution < -0.4 is 4.90 Å². The highest BCUT2D eigenvalue weighted by Gasteiger charge is 2.18. The van der Waals surface area contributed by atoms with Gasteiger partial charge >= 0.3 is 0 Å². The molecule has 10 aromatic rings. The molecule has 0 N–H and O–H groups in total. The molecule has 56 heavy (non-hydrogen) atoms. The van der Waals surface area contributed by atoms with E-state index in [0.717, 1.165) is 22.3 Å². The largest absolute Gasteiger partial charge is 0.456 e. The van der Waals surface area contributed by atoms with Gasteiger partial charge in [-0.15, -0.1) is 0 Å². The molecule has 5 nitrogen and oxygen atoms in total. The summed E-state index contributed by atoms with van der Waals surface area (Å²) in [6.07, 6.45) is 0. The van der Waals surface area contributed by atoms with Gasteiger partial charge in [-0.2, -0.15) is 0 Å². The Hall–Kier alpha value is -7.63. The van der Waals surface area contributed by atoms with E-state index in [1.165, 1.54) is 0 Å². The van der Waals surface area contributed by atoms with Crippen LogP contribution in [-0.4, -0.2) is 15.0 Å². The van der Waals surface area contributed by atoms with E-state index >= 15 is 0 Å². The molecule has 0 atom stereocenters. The molecule has 0 saturated heterocycles. The number of benzene rings is 8. The Balaban J connectivity index is 1.13. The molecule has 0 fully saturated rings. The molecule has 0 aliphatic rings. The van der Waals surface area contributed by atoms with Gasteiger partial charge in [0.2, 0.25) is 0 Å². The predicted molar refractivity (Wildman–Crippen MR) is 229 cm³/mol. The summed E-state index contributed by atoms with van der Waals surface area (Å²) in [7, 11) is 0. The fourth-order valence-corrected chi connectivity index (χ4v) is 6.91. The summed E-state index contributed by atoms with van der Waals surface area (Å²) >= 11 is 0. The Kier molecular flexibility index (Phi) is 6.91. The maximum absolute atomic E-state index is 9.64. The van der Waals surface area contributed by atoms with Gasteiger partial charge in [0.1, 0.15) is 11.2 Å². The average Bonchev–Trinajstić information content (AvgIpc) is 3.74. The van der Waals surface area contributed by atoms with E-state index in [4.69, 9.17) is 22.1 Å². The molecular weight excluding hydrogens is 685 g/mol. The second kappa shape index (κ2) is 14.3. The molecule has 5 heteroatoms. The monoisotopic (exact) mass is 724 g/mol. The van der Waals surface area contributed by atoms with E-state index in [-0.39, 0.29) is 69.4 Å². The van der Waals surface area contributed by atoms with Crippen LogP contribution in [-0.2, 0) is 0 Å². The molecule has 264 valence electrons. The Morgan fingerprint density at radius 2 is 0.857 bits per heavy atom. The molecule has 0 bridgehead atoms. The summed E-state index contributed by atoms with van der Waals surface area (Å²) in [4.78, 5) is 16.2. The van der Waals surface area contributed by atoms with Crippen LogP contribution in [0.3, 0.4) is 0 Å². The highest BCUT2D eigenvalue weighted by atomic mass is 16.3. The van der Waals surface area contributed by atoms with E-state index in [1.807, 2.05) is 158 Å². The van der Waals surface area contributed by atoms with Crippen molar-refractivity contribution in [3.05, 3.63) is 206 Å². The number of para-hydroxylation sites is 1. The van der Waals surface area contributed by atoms with Crippen molar-refractivity contribution in [1.82, 2.24) is 15.0 Å². The number of anilines is 3. The summed E-state index contributed by atoms with van der Waals surface area (Å²) in [6.45, 7) is 0. The first-order chi connectivity index (χ1) is 30.3. The first-order valence-electron chi connectivity index (χ1n) is 21.2. The number of hydrogen-bond acceptors (Lipinski definition) is 5. The van der Waals surface area contributed by atoms with Crippen LogP contribution in [0.2, 0.25) is 0 Å². The van der Waals surface area contributed by atoms with Crippen LogP contribution in [0.25, 0.3) is 78.4 Å². The van der Waals surface area contributed by atoms with Gasteiger partial charge in [-0.1, -0.05) is 158 Å². The molecule has 8 aromatic carbocycles. The highest BCUT2D eigenvalue weighted by molar-refractivity contribution is 6.13. The number of rotatable bonds is 8. The number of hydrogen-bond donors (Lipinski definition) is 0. The summed E-state index contributed by atoms with van der Waals surface area (Å²) in [5.41, 5.74) is 6.59. The normalized spacial score (nSPS) is 12.7. The zero-order chi connectivity index (χ0) is 42.5. The van der Waals surface area contributed by atoms with Gasteiger partial charge < -0.3 is 9.32 Å². The molecule has 0 aliphatic heterocycles. The first-order valence-corrected chi connectivity index (χ1v) is 18.2. The van der Waals surface area contributed by atoms with Gasteiger partial charge in [0.05, 0.1) is 8.22 Å². The number of aromatic nitrogens is 3. The minimum Gasteiger partial charge on any atom is -0.456 e. The summed E-state index contributed by atoms with van der Waals surface area (Å²) in [5, 5.41) is 0.360. The SMILES string of the molecule is [2H]c1c([2H])c(-c2ccc(-c3nc(-c4ccccc4)nc(-c4ccccc4)n3)cc2)c2c(oc3c([2H])c(N(c4ccccc4)c4ccc(-c5ccccc5)cc4)c([2H])c([2H])c32)c1[2H]. The topological polar surface area (TPSA) is 55.1 Å². The van der Waals surface area contributed by atoms with Crippen LogP contribution in [0.1, 0.15) is 8.22 Å². The van der Waals surface area contributed by atoms with E-state index in [0.29, 0.717) is 40.0 Å². The molecule has 0 radical (unpaired) electrons. The lowest BCUT2D eigenvalue weighted by atomic mass is 9.98. The molecule has 0 unspecified atom stereocenters. The van der Waals surface area contributed by atoms with Crippen LogP contribution in [0.15, 0.2) is 211 Å². The molecule has 2 heterocycles. The summed E-state index contributed by atoms with van der Waals surface area (Å²) in [5.74, 6) is 1.46. The molecule has 0 aliphatic carbocycles. The third-order valence-electron chi connectivity index (χ3n) is 9.66. The lowest BCUT2D eigenvalue weighted by Crippen LogP contribution is -2.09. The maximum Gasteiger partial charge on any atom is 0.164 e. The standard InChI is InChI=1S/C51H34N4O/c1-5-14-35(15-6-1)36-28-30-42(31-29-36)55(41-20-11-4-12-21-41)43-32-33-45-47(34-43)56-46-23-13-22-44(48(45)46)37-24-26-40(27-25-37)51-53-49(38-16-7-2-8-17-38)52-50(54-51)39-18-9-3-10-19-39/h1-34H/i13D,22D,23D,32D,33D,34D.